The Hall–Kier alpha value is -1.26. The van der Waals surface area contributed by atoms with Crippen LogP contribution in [0.2, 0.25) is 0 Å². The molecule has 5 heteroatoms. The van der Waals surface area contributed by atoms with E-state index in [0.29, 0.717) is 6.54 Å². The zero-order chi connectivity index (χ0) is 15.0. The second-order valence-electron chi connectivity index (χ2n) is 4.73. The van der Waals surface area contributed by atoms with Crippen molar-refractivity contribution >= 4 is 29.7 Å². The van der Waals surface area contributed by atoms with Crippen LogP contribution in [0.5, 0.6) is 0 Å². The molecule has 1 aromatic rings. The van der Waals surface area contributed by atoms with Crippen LogP contribution in [-0.4, -0.2) is 43.5 Å². The summed E-state index contributed by atoms with van der Waals surface area (Å²) >= 11 is 0. The van der Waals surface area contributed by atoms with Crippen molar-refractivity contribution in [2.75, 3.05) is 42.9 Å². The van der Waals surface area contributed by atoms with E-state index < -0.39 is 0 Å². The molecular weight excluding hydrogens is 286 g/mol. The van der Waals surface area contributed by atoms with Crippen molar-refractivity contribution in [2.24, 2.45) is 0 Å². The maximum atomic E-state index is 11.9. The van der Waals surface area contributed by atoms with Crippen LogP contribution in [0.1, 0.15) is 27.7 Å². The molecule has 0 saturated carbocycles. The molecule has 0 fully saturated rings. The number of hydrogen-bond donors (Lipinski definition) is 1. The lowest BCUT2D eigenvalue weighted by Crippen LogP contribution is -2.32. The number of halogens is 1. The second kappa shape index (κ2) is 10.5. The maximum Gasteiger partial charge on any atom is 0.238 e. The van der Waals surface area contributed by atoms with Crippen LogP contribution in [-0.2, 0) is 4.79 Å². The molecule has 0 aliphatic carbocycles. The van der Waals surface area contributed by atoms with Crippen molar-refractivity contribution in [3.05, 3.63) is 24.3 Å². The second-order valence-corrected chi connectivity index (χ2v) is 4.73. The first-order chi connectivity index (χ1) is 9.64. The van der Waals surface area contributed by atoms with Crippen molar-refractivity contribution in [3.63, 3.8) is 0 Å². The molecule has 0 aliphatic rings. The Bertz CT molecular complexity index is 400. The first-order valence-electron chi connectivity index (χ1n) is 7.51. The van der Waals surface area contributed by atoms with Gasteiger partial charge in [0.1, 0.15) is 0 Å². The number of carbonyl (C=O) groups excluding carboxylic acids is 1. The Balaban J connectivity index is 0.00000400. The molecule has 1 N–H and O–H groups in total. The SMILES string of the molecule is CCN(CC)CC(=O)Nc1ccc(N(CC)CC)cc1.Cl. The van der Waals surface area contributed by atoms with E-state index in [4.69, 9.17) is 0 Å². The van der Waals surface area contributed by atoms with Gasteiger partial charge in [-0.1, -0.05) is 13.8 Å². The van der Waals surface area contributed by atoms with Gasteiger partial charge in [0.15, 0.2) is 0 Å². The van der Waals surface area contributed by atoms with Gasteiger partial charge < -0.3 is 10.2 Å². The van der Waals surface area contributed by atoms with E-state index >= 15 is 0 Å². The zero-order valence-electron chi connectivity index (χ0n) is 13.6. The monoisotopic (exact) mass is 313 g/mol. The average molecular weight is 314 g/mol. The number of hydrogen-bond acceptors (Lipinski definition) is 3. The summed E-state index contributed by atoms with van der Waals surface area (Å²) in [6, 6.07) is 8.04. The van der Waals surface area contributed by atoms with Gasteiger partial charge in [-0.2, -0.15) is 0 Å². The quantitative estimate of drug-likeness (QED) is 0.800. The molecule has 0 aromatic heterocycles. The number of anilines is 2. The summed E-state index contributed by atoms with van der Waals surface area (Å²) in [5.41, 5.74) is 2.05. The topological polar surface area (TPSA) is 35.6 Å². The first-order valence-corrected chi connectivity index (χ1v) is 7.51. The summed E-state index contributed by atoms with van der Waals surface area (Å²) in [5.74, 6) is 0.0456. The van der Waals surface area contributed by atoms with Gasteiger partial charge in [-0.15, -0.1) is 12.4 Å². The van der Waals surface area contributed by atoms with E-state index in [0.717, 1.165) is 31.9 Å². The summed E-state index contributed by atoms with van der Waals surface area (Å²) < 4.78 is 0. The van der Waals surface area contributed by atoms with Gasteiger partial charge in [0.25, 0.3) is 0 Å². The summed E-state index contributed by atoms with van der Waals surface area (Å²) in [7, 11) is 0. The van der Waals surface area contributed by atoms with Gasteiger partial charge in [0, 0.05) is 24.5 Å². The molecule has 0 heterocycles. The van der Waals surface area contributed by atoms with Crippen LogP contribution in [0.15, 0.2) is 24.3 Å². The molecule has 0 saturated heterocycles. The largest absolute Gasteiger partial charge is 0.372 e. The molecule has 1 aromatic carbocycles. The highest BCUT2D eigenvalue weighted by Gasteiger charge is 2.08. The molecule has 0 aliphatic heterocycles. The molecule has 21 heavy (non-hydrogen) atoms. The van der Waals surface area contributed by atoms with Crippen LogP contribution in [0.4, 0.5) is 11.4 Å². The highest BCUT2D eigenvalue weighted by Crippen LogP contribution is 2.17. The first kappa shape index (κ1) is 19.7. The molecule has 1 amide bonds. The average Bonchev–Trinajstić information content (AvgIpc) is 2.47. The van der Waals surface area contributed by atoms with Crippen molar-refractivity contribution in [2.45, 2.75) is 27.7 Å². The van der Waals surface area contributed by atoms with Crippen LogP contribution in [0, 0.1) is 0 Å². The fraction of sp³-hybridized carbons (Fsp3) is 0.562. The number of rotatable bonds is 8. The van der Waals surface area contributed by atoms with Gasteiger partial charge in [0.05, 0.1) is 6.54 Å². The minimum absolute atomic E-state index is 0. The van der Waals surface area contributed by atoms with Gasteiger partial charge in [-0.3, -0.25) is 9.69 Å². The lowest BCUT2D eigenvalue weighted by Gasteiger charge is -2.21. The van der Waals surface area contributed by atoms with E-state index in [1.54, 1.807) is 0 Å². The van der Waals surface area contributed by atoms with Crippen LogP contribution in [0.3, 0.4) is 0 Å². The minimum Gasteiger partial charge on any atom is -0.372 e. The van der Waals surface area contributed by atoms with E-state index in [1.165, 1.54) is 5.69 Å². The third kappa shape index (κ3) is 6.36. The highest BCUT2D eigenvalue weighted by molar-refractivity contribution is 5.92. The summed E-state index contributed by atoms with van der Waals surface area (Å²) in [4.78, 5) is 16.3. The summed E-state index contributed by atoms with van der Waals surface area (Å²) in [6.45, 7) is 12.6. The number of likely N-dealkylation sites (N-methyl/N-ethyl adjacent to an activating group) is 1. The standard InChI is InChI=1S/C16H27N3O.ClH/c1-5-18(6-2)13-16(20)17-14-9-11-15(12-10-14)19(7-3)8-4;/h9-12H,5-8,13H2,1-4H3,(H,17,20);1H. The number of carbonyl (C=O) groups is 1. The molecule has 120 valence electrons. The fourth-order valence-corrected chi connectivity index (χ4v) is 2.20. The molecule has 0 spiro atoms. The Kier molecular flexibility index (Phi) is 9.84. The molecule has 0 radical (unpaired) electrons. The van der Waals surface area contributed by atoms with E-state index in [1.807, 2.05) is 12.1 Å². The minimum atomic E-state index is 0. The Labute approximate surface area is 134 Å². The number of nitrogens with zero attached hydrogens (tertiary/aromatic N) is 2. The molecule has 4 nitrogen and oxygen atoms in total. The third-order valence-corrected chi connectivity index (χ3v) is 3.54. The third-order valence-electron chi connectivity index (χ3n) is 3.54. The van der Waals surface area contributed by atoms with Crippen LogP contribution < -0.4 is 10.2 Å². The van der Waals surface area contributed by atoms with Gasteiger partial charge >= 0.3 is 0 Å². The van der Waals surface area contributed by atoms with Crippen molar-refractivity contribution < 1.29 is 4.79 Å². The van der Waals surface area contributed by atoms with E-state index in [-0.39, 0.29) is 18.3 Å². The molecule has 1 rings (SSSR count). The van der Waals surface area contributed by atoms with Crippen molar-refractivity contribution in [1.82, 2.24) is 4.90 Å². The predicted molar refractivity (Wildman–Crippen MR) is 93.7 cm³/mol. The summed E-state index contributed by atoms with van der Waals surface area (Å²) in [6.07, 6.45) is 0. The Morgan fingerprint density at radius 2 is 1.48 bits per heavy atom. The fourth-order valence-electron chi connectivity index (χ4n) is 2.20. The van der Waals surface area contributed by atoms with Gasteiger partial charge in [0.2, 0.25) is 5.91 Å². The predicted octanol–water partition coefficient (Wildman–Crippen LogP) is 3.23. The summed E-state index contributed by atoms with van der Waals surface area (Å²) in [5, 5.41) is 2.94. The lowest BCUT2D eigenvalue weighted by molar-refractivity contribution is -0.117. The molecule has 0 unspecified atom stereocenters. The highest BCUT2D eigenvalue weighted by atomic mass is 35.5. The van der Waals surface area contributed by atoms with Crippen molar-refractivity contribution in [1.29, 1.82) is 0 Å². The van der Waals surface area contributed by atoms with Crippen LogP contribution in [0.25, 0.3) is 0 Å². The molecule has 0 bridgehead atoms. The van der Waals surface area contributed by atoms with Crippen molar-refractivity contribution in [3.8, 4) is 0 Å². The number of nitrogens with one attached hydrogen (secondary N) is 1. The lowest BCUT2D eigenvalue weighted by atomic mass is 10.2. The van der Waals surface area contributed by atoms with E-state index in [9.17, 15) is 4.79 Å². The van der Waals surface area contributed by atoms with Crippen LogP contribution >= 0.6 is 12.4 Å². The number of benzene rings is 1. The zero-order valence-corrected chi connectivity index (χ0v) is 14.4. The van der Waals surface area contributed by atoms with Gasteiger partial charge in [-0.25, -0.2) is 0 Å². The van der Waals surface area contributed by atoms with E-state index in [2.05, 4.69) is 54.9 Å². The Morgan fingerprint density at radius 3 is 1.90 bits per heavy atom. The Morgan fingerprint density at radius 1 is 0.952 bits per heavy atom. The molecule has 0 atom stereocenters. The molecular formula is C16H28ClN3O. The maximum absolute atomic E-state index is 11.9. The normalized spacial score (nSPS) is 10.1. The van der Waals surface area contributed by atoms with Gasteiger partial charge in [-0.05, 0) is 51.2 Å². The number of amides is 1. The smallest absolute Gasteiger partial charge is 0.238 e.